The first-order chi connectivity index (χ1) is 17.5. The molecule has 0 amide bonds. The Balaban J connectivity index is 1.54. The van der Waals surface area contributed by atoms with E-state index in [2.05, 4.69) is 37.0 Å². The number of hydrogen-bond acceptors (Lipinski definition) is 4. The highest BCUT2D eigenvalue weighted by Crippen LogP contribution is 2.32. The van der Waals surface area contributed by atoms with Crippen molar-refractivity contribution in [3.05, 3.63) is 102 Å². The average Bonchev–Trinajstić information content (AvgIpc) is 2.89. The van der Waals surface area contributed by atoms with Gasteiger partial charge >= 0.3 is 0 Å². The van der Waals surface area contributed by atoms with Crippen molar-refractivity contribution in [1.82, 2.24) is 9.66 Å². The predicted octanol–water partition coefficient (Wildman–Crippen LogP) is 8.08. The number of fused-ring (bicyclic) bond motifs is 1. The van der Waals surface area contributed by atoms with Gasteiger partial charge in [0.1, 0.15) is 18.2 Å². The molecule has 0 radical (unpaired) electrons. The molecule has 1 aliphatic carbocycles. The summed E-state index contributed by atoms with van der Waals surface area (Å²) >= 11 is 13.3. The first kappa shape index (κ1) is 25.2. The van der Waals surface area contributed by atoms with Gasteiger partial charge in [0.05, 0.1) is 17.1 Å². The minimum Gasteiger partial charge on any atom is -0.488 e. The van der Waals surface area contributed by atoms with E-state index in [0.717, 1.165) is 51.6 Å². The lowest BCUT2D eigenvalue weighted by Crippen LogP contribution is -2.25. The summed E-state index contributed by atoms with van der Waals surface area (Å²) < 4.78 is 9.29. The standard InChI is InChI=1S/C28H24Br2ClN3O2/c29-21-11-13-26(36-17-19-8-4-5-9-24(19)31)20(14-21)16-32-34-27(18-6-2-1-3-7-18)33-25-12-10-22(30)15-23(25)28(34)35/h4-5,8-16,18H,1-3,6-7,17H2. The fourth-order valence-corrected chi connectivity index (χ4v) is 5.48. The average molecular weight is 630 g/mol. The third kappa shape index (κ3) is 5.58. The second-order valence-corrected chi connectivity index (χ2v) is 11.1. The van der Waals surface area contributed by atoms with Gasteiger partial charge in [0.15, 0.2) is 0 Å². The van der Waals surface area contributed by atoms with Crippen molar-refractivity contribution in [3.63, 3.8) is 0 Å². The molecular formula is C28H24Br2ClN3O2. The van der Waals surface area contributed by atoms with Gasteiger partial charge in [-0.05, 0) is 55.3 Å². The van der Waals surface area contributed by atoms with Crippen LogP contribution in [0.3, 0.4) is 0 Å². The molecule has 5 rings (SSSR count). The van der Waals surface area contributed by atoms with Crippen molar-refractivity contribution in [1.29, 1.82) is 0 Å². The summed E-state index contributed by atoms with van der Waals surface area (Å²) in [5.74, 6) is 1.57. The van der Waals surface area contributed by atoms with E-state index in [0.29, 0.717) is 28.3 Å². The van der Waals surface area contributed by atoms with Crippen LogP contribution in [0, 0.1) is 0 Å². The monoisotopic (exact) mass is 627 g/mol. The Kier molecular flexibility index (Phi) is 7.89. The lowest BCUT2D eigenvalue weighted by molar-refractivity contribution is 0.306. The Morgan fingerprint density at radius 3 is 2.58 bits per heavy atom. The van der Waals surface area contributed by atoms with Crippen molar-refractivity contribution in [3.8, 4) is 5.75 Å². The highest BCUT2D eigenvalue weighted by molar-refractivity contribution is 9.10. The van der Waals surface area contributed by atoms with Gasteiger partial charge in [-0.15, -0.1) is 0 Å². The number of aromatic nitrogens is 2. The SMILES string of the molecule is O=c1c2cc(Br)ccc2nc(C2CCCCC2)n1N=Cc1cc(Br)ccc1OCc1ccccc1Cl. The molecule has 5 nitrogen and oxygen atoms in total. The zero-order valence-corrected chi connectivity index (χ0v) is 23.4. The highest BCUT2D eigenvalue weighted by atomic mass is 79.9. The smallest absolute Gasteiger partial charge is 0.282 e. The van der Waals surface area contributed by atoms with Gasteiger partial charge < -0.3 is 4.74 Å². The Morgan fingerprint density at radius 1 is 1.03 bits per heavy atom. The molecule has 1 fully saturated rings. The zero-order chi connectivity index (χ0) is 25.1. The van der Waals surface area contributed by atoms with E-state index in [-0.39, 0.29) is 11.5 Å². The van der Waals surface area contributed by atoms with Crippen LogP contribution in [0.4, 0.5) is 0 Å². The van der Waals surface area contributed by atoms with E-state index in [1.807, 2.05) is 54.6 Å². The minimum absolute atomic E-state index is 0.174. The van der Waals surface area contributed by atoms with E-state index >= 15 is 0 Å². The maximum atomic E-state index is 13.6. The molecule has 1 heterocycles. The van der Waals surface area contributed by atoms with E-state index in [4.69, 9.17) is 21.3 Å². The predicted molar refractivity (Wildman–Crippen MR) is 152 cm³/mol. The van der Waals surface area contributed by atoms with Crippen LogP contribution in [0.2, 0.25) is 5.02 Å². The molecule has 0 bridgehead atoms. The van der Waals surface area contributed by atoms with Crippen molar-refractivity contribution < 1.29 is 4.74 Å². The van der Waals surface area contributed by atoms with Crippen LogP contribution in [0.5, 0.6) is 5.75 Å². The third-order valence-electron chi connectivity index (χ3n) is 6.43. The number of benzene rings is 3. The number of nitrogens with zero attached hydrogens (tertiary/aromatic N) is 3. The van der Waals surface area contributed by atoms with Crippen molar-refractivity contribution in [2.45, 2.75) is 44.6 Å². The lowest BCUT2D eigenvalue weighted by Gasteiger charge is -2.22. The molecule has 4 aromatic rings. The van der Waals surface area contributed by atoms with Crippen LogP contribution in [-0.2, 0) is 6.61 Å². The van der Waals surface area contributed by atoms with Crippen LogP contribution in [0.1, 0.15) is 55.0 Å². The van der Waals surface area contributed by atoms with Gasteiger partial charge in [-0.25, -0.2) is 4.98 Å². The van der Waals surface area contributed by atoms with Gasteiger partial charge in [-0.2, -0.15) is 9.78 Å². The molecule has 0 saturated heterocycles. The van der Waals surface area contributed by atoms with Crippen molar-refractivity contribution in [2.24, 2.45) is 5.10 Å². The molecule has 36 heavy (non-hydrogen) atoms. The van der Waals surface area contributed by atoms with Crippen LogP contribution < -0.4 is 10.3 Å². The van der Waals surface area contributed by atoms with Gasteiger partial charge in [0.2, 0.25) is 0 Å². The molecule has 8 heteroatoms. The molecule has 1 saturated carbocycles. The topological polar surface area (TPSA) is 56.5 Å². The minimum atomic E-state index is -0.174. The largest absolute Gasteiger partial charge is 0.488 e. The second kappa shape index (κ2) is 11.3. The number of hydrogen-bond donors (Lipinski definition) is 0. The maximum absolute atomic E-state index is 13.6. The Labute approximate surface area is 231 Å². The third-order valence-corrected chi connectivity index (χ3v) is 7.78. The van der Waals surface area contributed by atoms with E-state index in [1.54, 1.807) is 12.3 Å². The van der Waals surface area contributed by atoms with Crippen LogP contribution in [0.15, 0.2) is 79.5 Å². The quantitative estimate of drug-likeness (QED) is 0.203. The zero-order valence-electron chi connectivity index (χ0n) is 19.5. The Bertz CT molecular complexity index is 1500. The molecule has 1 aromatic heterocycles. The normalized spacial score (nSPS) is 14.5. The van der Waals surface area contributed by atoms with Crippen molar-refractivity contribution in [2.75, 3.05) is 0 Å². The first-order valence-corrected chi connectivity index (χ1v) is 13.9. The Hall–Kier alpha value is -2.48. The number of halogens is 3. The van der Waals surface area contributed by atoms with E-state index in [1.165, 1.54) is 11.1 Å². The summed E-state index contributed by atoms with van der Waals surface area (Å²) in [4.78, 5) is 18.5. The molecule has 184 valence electrons. The molecule has 3 aromatic carbocycles. The molecule has 1 aliphatic rings. The van der Waals surface area contributed by atoms with E-state index < -0.39 is 0 Å². The number of rotatable bonds is 6. The summed E-state index contributed by atoms with van der Waals surface area (Å²) in [5.41, 5.74) is 2.16. The van der Waals surface area contributed by atoms with Gasteiger partial charge in [0.25, 0.3) is 5.56 Å². The first-order valence-electron chi connectivity index (χ1n) is 11.9. The molecular weight excluding hydrogens is 606 g/mol. The fraction of sp³-hybridized carbons (Fsp3) is 0.250. The summed E-state index contributed by atoms with van der Waals surface area (Å²) in [7, 11) is 0. The summed E-state index contributed by atoms with van der Waals surface area (Å²) in [6, 6.07) is 18.9. The Morgan fingerprint density at radius 2 is 1.78 bits per heavy atom. The highest BCUT2D eigenvalue weighted by Gasteiger charge is 2.22. The maximum Gasteiger partial charge on any atom is 0.282 e. The van der Waals surface area contributed by atoms with Gasteiger partial charge in [-0.1, -0.05) is 80.9 Å². The summed E-state index contributed by atoms with van der Waals surface area (Å²) in [5, 5.41) is 5.87. The molecule has 0 unspecified atom stereocenters. The molecule has 0 spiro atoms. The van der Waals surface area contributed by atoms with Crippen LogP contribution in [-0.4, -0.2) is 15.9 Å². The molecule has 0 N–H and O–H groups in total. The second-order valence-electron chi connectivity index (χ2n) is 8.89. The van der Waals surface area contributed by atoms with E-state index in [9.17, 15) is 4.79 Å². The van der Waals surface area contributed by atoms with Crippen LogP contribution in [0.25, 0.3) is 10.9 Å². The molecule has 0 atom stereocenters. The van der Waals surface area contributed by atoms with Crippen molar-refractivity contribution >= 4 is 60.6 Å². The summed E-state index contributed by atoms with van der Waals surface area (Å²) in [6.45, 7) is 0.320. The van der Waals surface area contributed by atoms with Gasteiger partial charge in [-0.3, -0.25) is 4.79 Å². The van der Waals surface area contributed by atoms with Crippen LogP contribution >= 0.6 is 43.5 Å². The number of ether oxygens (including phenoxy) is 1. The molecule has 0 aliphatic heterocycles. The summed E-state index contributed by atoms with van der Waals surface area (Å²) in [6.07, 6.45) is 7.17. The fourth-order valence-electron chi connectivity index (χ4n) is 4.55. The lowest BCUT2D eigenvalue weighted by atomic mass is 9.88. The van der Waals surface area contributed by atoms with Gasteiger partial charge in [0, 0.05) is 31.0 Å².